The van der Waals surface area contributed by atoms with Gasteiger partial charge in [-0.1, -0.05) is 29.8 Å². The Balaban J connectivity index is 0.00000210. The second-order valence-corrected chi connectivity index (χ2v) is 6.58. The van der Waals surface area contributed by atoms with Gasteiger partial charge in [-0.2, -0.15) is 0 Å². The Kier molecular flexibility index (Phi) is 5.49. The van der Waals surface area contributed by atoms with Crippen LogP contribution in [0.2, 0.25) is 5.02 Å². The molecule has 0 radical (unpaired) electrons. The van der Waals surface area contributed by atoms with Crippen LogP contribution >= 0.6 is 24.0 Å². The average molecular weight is 398 g/mol. The van der Waals surface area contributed by atoms with Gasteiger partial charge in [0, 0.05) is 21.8 Å². The number of H-pyrrole nitrogens is 1. The first kappa shape index (κ1) is 19.0. The maximum atomic E-state index is 12.4. The maximum absolute atomic E-state index is 12.4. The van der Waals surface area contributed by atoms with E-state index in [-0.39, 0.29) is 18.3 Å². The summed E-state index contributed by atoms with van der Waals surface area (Å²) in [4.78, 5) is 20.3. The number of carbonyl (C=O) groups excluding carboxylic acids is 1. The molecule has 1 amide bonds. The molecule has 0 spiro atoms. The van der Waals surface area contributed by atoms with Crippen molar-refractivity contribution < 1.29 is 4.79 Å². The third-order valence-electron chi connectivity index (χ3n) is 4.14. The highest BCUT2D eigenvalue weighted by Gasteiger charge is 2.09. The molecule has 0 unspecified atom stereocenters. The number of anilines is 1. The van der Waals surface area contributed by atoms with Crippen LogP contribution in [-0.4, -0.2) is 15.9 Å². The van der Waals surface area contributed by atoms with Gasteiger partial charge < -0.3 is 10.3 Å². The molecule has 4 nitrogen and oxygen atoms in total. The Hall–Kier alpha value is -2.82. The molecule has 3 aromatic carbocycles. The number of aromatic nitrogens is 2. The number of aromatic amines is 1. The lowest BCUT2D eigenvalue weighted by molar-refractivity contribution is 0.102. The maximum Gasteiger partial charge on any atom is 0.255 e. The van der Waals surface area contributed by atoms with Crippen molar-refractivity contribution >= 4 is 46.6 Å². The van der Waals surface area contributed by atoms with Gasteiger partial charge in [-0.05, 0) is 61.0 Å². The van der Waals surface area contributed by atoms with Gasteiger partial charge in [-0.3, -0.25) is 4.79 Å². The number of benzene rings is 3. The van der Waals surface area contributed by atoms with E-state index in [1.807, 2.05) is 43.3 Å². The molecule has 27 heavy (non-hydrogen) atoms. The molecule has 136 valence electrons. The van der Waals surface area contributed by atoms with Crippen molar-refractivity contribution in [3.05, 3.63) is 82.9 Å². The van der Waals surface area contributed by atoms with E-state index < -0.39 is 0 Å². The number of nitrogens with one attached hydrogen (secondary N) is 2. The first-order valence-corrected chi connectivity index (χ1v) is 8.60. The Bertz CT molecular complexity index is 1100. The summed E-state index contributed by atoms with van der Waals surface area (Å²) >= 11 is 5.87. The standard InChI is InChI=1S/C21H16ClN3O.ClH/c1-13-5-10-18-19(11-13)25-20(24-18)15-3-2-4-17(12-15)23-21(26)14-6-8-16(22)9-7-14;/h2-12H,1H3,(H,23,26)(H,24,25);1H. The monoisotopic (exact) mass is 397 g/mol. The van der Waals surface area contributed by atoms with Gasteiger partial charge in [0.15, 0.2) is 0 Å². The highest BCUT2D eigenvalue weighted by atomic mass is 35.5. The predicted octanol–water partition coefficient (Wildman–Crippen LogP) is 5.87. The van der Waals surface area contributed by atoms with Crippen molar-refractivity contribution in [3.63, 3.8) is 0 Å². The Morgan fingerprint density at radius 3 is 2.59 bits per heavy atom. The third-order valence-corrected chi connectivity index (χ3v) is 4.39. The number of fused-ring (bicyclic) bond motifs is 1. The molecular formula is C21H17Cl2N3O. The minimum absolute atomic E-state index is 0. The zero-order valence-electron chi connectivity index (χ0n) is 14.5. The van der Waals surface area contributed by atoms with Crippen LogP contribution in [0.25, 0.3) is 22.4 Å². The fraction of sp³-hybridized carbons (Fsp3) is 0.0476. The number of amides is 1. The lowest BCUT2D eigenvalue weighted by Gasteiger charge is -2.07. The van der Waals surface area contributed by atoms with E-state index in [9.17, 15) is 4.79 Å². The van der Waals surface area contributed by atoms with E-state index in [1.165, 1.54) is 5.56 Å². The summed E-state index contributed by atoms with van der Waals surface area (Å²) in [7, 11) is 0. The number of hydrogen-bond acceptors (Lipinski definition) is 2. The van der Waals surface area contributed by atoms with Crippen LogP contribution in [0, 0.1) is 6.92 Å². The molecule has 0 bridgehead atoms. The van der Waals surface area contributed by atoms with E-state index in [0.29, 0.717) is 16.3 Å². The number of halogens is 2. The van der Waals surface area contributed by atoms with Crippen molar-refractivity contribution in [3.8, 4) is 11.4 Å². The Labute approximate surface area is 168 Å². The van der Waals surface area contributed by atoms with Gasteiger partial charge in [0.05, 0.1) is 11.0 Å². The fourth-order valence-corrected chi connectivity index (χ4v) is 2.93. The highest BCUT2D eigenvalue weighted by molar-refractivity contribution is 6.30. The van der Waals surface area contributed by atoms with Crippen molar-refractivity contribution in [2.45, 2.75) is 6.92 Å². The number of hydrogen-bond donors (Lipinski definition) is 2. The quantitative estimate of drug-likeness (QED) is 0.454. The minimum Gasteiger partial charge on any atom is -0.338 e. The first-order chi connectivity index (χ1) is 12.6. The van der Waals surface area contributed by atoms with Gasteiger partial charge in [0.2, 0.25) is 0 Å². The number of aryl methyl sites for hydroxylation is 1. The lowest BCUT2D eigenvalue weighted by Crippen LogP contribution is -2.11. The second kappa shape index (κ2) is 7.82. The van der Waals surface area contributed by atoms with Gasteiger partial charge in [-0.15, -0.1) is 12.4 Å². The summed E-state index contributed by atoms with van der Waals surface area (Å²) in [6, 6.07) is 20.5. The SMILES string of the molecule is Cc1ccc2nc(-c3cccc(NC(=O)c4ccc(Cl)cc4)c3)[nH]c2c1.Cl. The van der Waals surface area contributed by atoms with Crippen molar-refractivity contribution in [1.29, 1.82) is 0 Å². The fourth-order valence-electron chi connectivity index (χ4n) is 2.81. The van der Waals surface area contributed by atoms with Crippen LogP contribution < -0.4 is 5.32 Å². The molecule has 4 rings (SSSR count). The van der Waals surface area contributed by atoms with Crippen LogP contribution in [0.15, 0.2) is 66.7 Å². The van der Waals surface area contributed by atoms with Gasteiger partial charge in [0.25, 0.3) is 5.91 Å². The predicted molar refractivity (Wildman–Crippen MR) is 113 cm³/mol. The molecule has 2 N–H and O–H groups in total. The second-order valence-electron chi connectivity index (χ2n) is 6.15. The summed E-state index contributed by atoms with van der Waals surface area (Å²) in [6.45, 7) is 2.05. The topological polar surface area (TPSA) is 57.8 Å². The third kappa shape index (κ3) is 4.13. The Morgan fingerprint density at radius 1 is 1.04 bits per heavy atom. The van der Waals surface area contributed by atoms with Gasteiger partial charge in [0.1, 0.15) is 5.82 Å². The molecule has 0 saturated heterocycles. The number of imidazole rings is 1. The van der Waals surface area contributed by atoms with E-state index in [4.69, 9.17) is 11.6 Å². The summed E-state index contributed by atoms with van der Waals surface area (Å²) in [6.07, 6.45) is 0. The first-order valence-electron chi connectivity index (χ1n) is 8.22. The van der Waals surface area contributed by atoms with Crippen LogP contribution in [-0.2, 0) is 0 Å². The summed E-state index contributed by atoms with van der Waals surface area (Å²) in [5.74, 6) is 0.590. The number of carbonyl (C=O) groups is 1. The van der Waals surface area contributed by atoms with Crippen LogP contribution in [0.1, 0.15) is 15.9 Å². The lowest BCUT2D eigenvalue weighted by atomic mass is 10.1. The Morgan fingerprint density at radius 2 is 1.81 bits per heavy atom. The molecule has 1 aromatic heterocycles. The molecule has 0 fully saturated rings. The van der Waals surface area contributed by atoms with Crippen LogP contribution in [0.4, 0.5) is 5.69 Å². The largest absolute Gasteiger partial charge is 0.338 e. The van der Waals surface area contributed by atoms with Crippen molar-refractivity contribution in [2.24, 2.45) is 0 Å². The van der Waals surface area contributed by atoms with Crippen LogP contribution in [0.5, 0.6) is 0 Å². The van der Waals surface area contributed by atoms with E-state index in [0.717, 1.165) is 22.4 Å². The smallest absolute Gasteiger partial charge is 0.255 e. The zero-order chi connectivity index (χ0) is 18.1. The van der Waals surface area contributed by atoms with Gasteiger partial charge >= 0.3 is 0 Å². The van der Waals surface area contributed by atoms with Crippen molar-refractivity contribution in [2.75, 3.05) is 5.32 Å². The van der Waals surface area contributed by atoms with E-state index in [2.05, 4.69) is 21.4 Å². The summed E-state index contributed by atoms with van der Waals surface area (Å²) in [5, 5.41) is 3.51. The van der Waals surface area contributed by atoms with Crippen molar-refractivity contribution in [1.82, 2.24) is 9.97 Å². The van der Waals surface area contributed by atoms with E-state index in [1.54, 1.807) is 24.3 Å². The molecule has 6 heteroatoms. The summed E-state index contributed by atoms with van der Waals surface area (Å²) in [5.41, 5.74) is 5.26. The molecule has 0 aliphatic heterocycles. The molecule has 4 aromatic rings. The highest BCUT2D eigenvalue weighted by Crippen LogP contribution is 2.24. The normalized spacial score (nSPS) is 10.4. The molecule has 0 aliphatic carbocycles. The molecule has 1 heterocycles. The molecule has 0 atom stereocenters. The zero-order valence-corrected chi connectivity index (χ0v) is 16.1. The average Bonchev–Trinajstić information content (AvgIpc) is 3.05. The number of rotatable bonds is 3. The molecule has 0 aliphatic rings. The molecule has 0 saturated carbocycles. The number of nitrogens with zero attached hydrogens (tertiary/aromatic N) is 1. The minimum atomic E-state index is -0.181. The summed E-state index contributed by atoms with van der Waals surface area (Å²) < 4.78 is 0. The molecular weight excluding hydrogens is 381 g/mol. The van der Waals surface area contributed by atoms with E-state index >= 15 is 0 Å². The van der Waals surface area contributed by atoms with Crippen LogP contribution in [0.3, 0.4) is 0 Å². The van der Waals surface area contributed by atoms with Gasteiger partial charge in [-0.25, -0.2) is 4.98 Å².